The van der Waals surface area contributed by atoms with E-state index in [-0.39, 0.29) is 31.9 Å². The molecular weight excluding hydrogens is 483 g/mol. The van der Waals surface area contributed by atoms with Crippen LogP contribution in [0.15, 0.2) is 47.6 Å². The van der Waals surface area contributed by atoms with Gasteiger partial charge in [-0.2, -0.15) is 0 Å². The maximum atomic E-state index is 12.2. The Morgan fingerprint density at radius 2 is 1.91 bits per heavy atom. The Morgan fingerprint density at radius 3 is 2.67 bits per heavy atom. The standard InChI is InChI=1S/C23H24Cl2N4O3S/c1-3-32-22(31)11-10-21(30)26-13-20-27-28-23(33-14-16-7-5-4-6-15(16)2)29(20)19-12-17(24)8-9-18(19)25/h4-9,12H,3,10-11,13-14H2,1-2H3,(H,26,30). The number of nitrogens with zero attached hydrogens (tertiary/aromatic N) is 3. The first kappa shape index (κ1) is 25.1. The van der Waals surface area contributed by atoms with Crippen molar-refractivity contribution in [1.29, 1.82) is 0 Å². The number of hydrogen-bond acceptors (Lipinski definition) is 6. The van der Waals surface area contributed by atoms with Crippen molar-refractivity contribution < 1.29 is 14.3 Å². The minimum Gasteiger partial charge on any atom is -0.466 e. The molecule has 0 fully saturated rings. The van der Waals surface area contributed by atoms with Gasteiger partial charge in [0.2, 0.25) is 5.91 Å². The van der Waals surface area contributed by atoms with Crippen LogP contribution in [0.5, 0.6) is 0 Å². The lowest BCUT2D eigenvalue weighted by molar-refractivity contribution is -0.144. The fourth-order valence-corrected chi connectivity index (χ4v) is 4.44. The number of carbonyl (C=O) groups is 2. The number of hydrogen-bond donors (Lipinski definition) is 1. The summed E-state index contributed by atoms with van der Waals surface area (Å²) in [5.41, 5.74) is 2.99. The average Bonchev–Trinajstić information content (AvgIpc) is 3.20. The SMILES string of the molecule is CCOC(=O)CCC(=O)NCc1nnc(SCc2ccccc2C)n1-c1cc(Cl)ccc1Cl. The van der Waals surface area contributed by atoms with Crippen LogP contribution in [0.2, 0.25) is 10.0 Å². The van der Waals surface area contributed by atoms with Gasteiger partial charge >= 0.3 is 5.97 Å². The van der Waals surface area contributed by atoms with Crippen LogP contribution in [-0.2, 0) is 26.6 Å². The van der Waals surface area contributed by atoms with E-state index in [4.69, 9.17) is 27.9 Å². The second-order valence-electron chi connectivity index (χ2n) is 7.13. The van der Waals surface area contributed by atoms with Crippen LogP contribution < -0.4 is 5.32 Å². The Labute approximate surface area is 206 Å². The Morgan fingerprint density at radius 1 is 1.12 bits per heavy atom. The van der Waals surface area contributed by atoms with Gasteiger partial charge in [-0.25, -0.2) is 0 Å². The van der Waals surface area contributed by atoms with Crippen LogP contribution in [0.4, 0.5) is 0 Å². The van der Waals surface area contributed by atoms with Crippen LogP contribution in [0, 0.1) is 6.92 Å². The summed E-state index contributed by atoms with van der Waals surface area (Å²) < 4.78 is 6.65. The summed E-state index contributed by atoms with van der Waals surface area (Å²) in [5, 5.41) is 13.0. The van der Waals surface area contributed by atoms with Gasteiger partial charge in [0.1, 0.15) is 0 Å². The van der Waals surface area contributed by atoms with Crippen molar-refractivity contribution in [2.75, 3.05) is 6.61 Å². The van der Waals surface area contributed by atoms with E-state index >= 15 is 0 Å². The second-order valence-corrected chi connectivity index (χ2v) is 8.91. The van der Waals surface area contributed by atoms with Gasteiger partial charge in [-0.3, -0.25) is 14.2 Å². The van der Waals surface area contributed by atoms with E-state index < -0.39 is 5.97 Å². The minimum atomic E-state index is -0.406. The number of benzene rings is 2. The number of aromatic nitrogens is 3. The molecule has 0 aliphatic rings. The summed E-state index contributed by atoms with van der Waals surface area (Å²) in [6, 6.07) is 13.3. The van der Waals surface area contributed by atoms with Crippen LogP contribution in [0.3, 0.4) is 0 Å². The number of halogens is 2. The number of carbonyl (C=O) groups excluding carboxylic acids is 2. The predicted octanol–water partition coefficient (Wildman–Crippen LogP) is 5.13. The first-order valence-corrected chi connectivity index (χ1v) is 12.1. The second kappa shape index (κ2) is 12.1. The summed E-state index contributed by atoms with van der Waals surface area (Å²) in [7, 11) is 0. The zero-order valence-electron chi connectivity index (χ0n) is 18.3. The van der Waals surface area contributed by atoms with Gasteiger partial charge in [0.25, 0.3) is 0 Å². The summed E-state index contributed by atoms with van der Waals surface area (Å²) in [6.45, 7) is 4.18. The summed E-state index contributed by atoms with van der Waals surface area (Å²) >= 11 is 14.2. The van der Waals surface area contributed by atoms with Crippen molar-refractivity contribution in [3.63, 3.8) is 0 Å². The molecule has 1 N–H and O–H groups in total. The van der Waals surface area contributed by atoms with Gasteiger partial charge in [0.15, 0.2) is 11.0 Å². The molecule has 7 nitrogen and oxygen atoms in total. The van der Waals surface area contributed by atoms with Crippen LogP contribution >= 0.6 is 35.0 Å². The molecule has 0 unspecified atom stereocenters. The number of thioether (sulfide) groups is 1. The smallest absolute Gasteiger partial charge is 0.306 e. The predicted molar refractivity (Wildman–Crippen MR) is 130 cm³/mol. The number of amides is 1. The van der Waals surface area contributed by atoms with Crippen LogP contribution in [0.1, 0.15) is 36.7 Å². The molecule has 0 saturated carbocycles. The Hall–Kier alpha value is -2.55. The van der Waals surface area contributed by atoms with Gasteiger partial charge in [-0.05, 0) is 43.2 Å². The molecule has 3 aromatic rings. The largest absolute Gasteiger partial charge is 0.466 e. The van der Waals surface area contributed by atoms with Gasteiger partial charge in [-0.1, -0.05) is 59.2 Å². The molecule has 0 atom stereocenters. The highest BCUT2D eigenvalue weighted by molar-refractivity contribution is 7.98. The third-order valence-corrected chi connectivity index (χ3v) is 6.31. The topological polar surface area (TPSA) is 86.1 Å². The van der Waals surface area contributed by atoms with E-state index in [2.05, 4.69) is 34.6 Å². The Kier molecular flexibility index (Phi) is 9.17. The maximum absolute atomic E-state index is 12.2. The fraction of sp³-hybridized carbons (Fsp3) is 0.304. The van der Waals surface area contributed by atoms with Gasteiger partial charge in [0.05, 0.1) is 30.3 Å². The summed E-state index contributed by atoms with van der Waals surface area (Å²) in [4.78, 5) is 23.7. The highest BCUT2D eigenvalue weighted by atomic mass is 35.5. The van der Waals surface area contributed by atoms with Gasteiger partial charge < -0.3 is 10.1 Å². The summed E-state index contributed by atoms with van der Waals surface area (Å²) in [5.74, 6) is 0.491. The van der Waals surface area contributed by atoms with Crippen molar-refractivity contribution in [3.8, 4) is 5.69 Å². The monoisotopic (exact) mass is 506 g/mol. The van der Waals surface area contributed by atoms with E-state index in [1.165, 1.54) is 22.9 Å². The molecule has 0 aliphatic carbocycles. The lowest BCUT2D eigenvalue weighted by Gasteiger charge is -2.13. The van der Waals surface area contributed by atoms with E-state index in [1.54, 1.807) is 29.7 Å². The van der Waals surface area contributed by atoms with Crippen LogP contribution in [0.25, 0.3) is 5.69 Å². The average molecular weight is 507 g/mol. The summed E-state index contributed by atoms with van der Waals surface area (Å²) in [6.07, 6.45) is 0.0454. The first-order valence-electron chi connectivity index (χ1n) is 10.4. The molecule has 0 saturated heterocycles. The van der Waals surface area contributed by atoms with Crippen molar-refractivity contribution in [2.45, 2.75) is 44.1 Å². The van der Waals surface area contributed by atoms with E-state index in [0.717, 1.165) is 0 Å². The van der Waals surface area contributed by atoms with Crippen molar-refractivity contribution in [3.05, 3.63) is 69.5 Å². The Bertz CT molecular complexity index is 1140. The van der Waals surface area contributed by atoms with Crippen molar-refractivity contribution >= 4 is 46.8 Å². The third-order valence-electron chi connectivity index (χ3n) is 4.77. The molecular formula is C23H24Cl2N4O3S. The fourth-order valence-electron chi connectivity index (χ4n) is 3.04. The van der Waals surface area contributed by atoms with E-state index in [9.17, 15) is 9.59 Å². The highest BCUT2D eigenvalue weighted by Crippen LogP contribution is 2.31. The molecule has 0 bridgehead atoms. The third kappa shape index (κ3) is 6.96. The molecule has 0 spiro atoms. The molecule has 174 valence electrons. The Balaban J connectivity index is 1.80. The van der Waals surface area contributed by atoms with Crippen molar-refractivity contribution in [2.24, 2.45) is 0 Å². The molecule has 3 rings (SSSR count). The number of aryl methyl sites for hydroxylation is 1. The number of ether oxygens (including phenoxy) is 1. The van der Waals surface area contributed by atoms with Crippen molar-refractivity contribution in [1.82, 2.24) is 20.1 Å². The normalized spacial score (nSPS) is 10.8. The molecule has 1 aromatic heterocycles. The molecule has 0 aliphatic heterocycles. The zero-order valence-corrected chi connectivity index (χ0v) is 20.6. The maximum Gasteiger partial charge on any atom is 0.306 e. The highest BCUT2D eigenvalue weighted by Gasteiger charge is 2.18. The van der Waals surface area contributed by atoms with Gasteiger partial charge in [0, 0.05) is 17.2 Å². The van der Waals surface area contributed by atoms with E-state index in [1.807, 2.05) is 12.1 Å². The lowest BCUT2D eigenvalue weighted by atomic mass is 10.1. The molecule has 33 heavy (non-hydrogen) atoms. The van der Waals surface area contributed by atoms with Gasteiger partial charge in [-0.15, -0.1) is 10.2 Å². The molecule has 0 radical (unpaired) electrons. The molecule has 2 aromatic carbocycles. The van der Waals surface area contributed by atoms with Crippen LogP contribution in [-0.4, -0.2) is 33.2 Å². The lowest BCUT2D eigenvalue weighted by Crippen LogP contribution is -2.25. The van der Waals surface area contributed by atoms with E-state index in [0.29, 0.717) is 32.5 Å². The molecule has 1 heterocycles. The minimum absolute atomic E-state index is 0.0179. The zero-order chi connectivity index (χ0) is 23.8. The first-order chi connectivity index (χ1) is 15.9. The number of rotatable bonds is 10. The number of esters is 1. The number of nitrogens with one attached hydrogen (secondary N) is 1. The quantitative estimate of drug-likeness (QED) is 0.302. The molecule has 1 amide bonds. The molecule has 10 heteroatoms.